The lowest BCUT2D eigenvalue weighted by Crippen LogP contribution is -2.17. The van der Waals surface area contributed by atoms with Gasteiger partial charge in [-0.2, -0.15) is 0 Å². The molecule has 1 nitrogen and oxygen atoms in total. The van der Waals surface area contributed by atoms with Crippen molar-refractivity contribution in [1.82, 2.24) is 5.32 Å². The Balaban J connectivity index is 2.85. The second-order valence-corrected chi connectivity index (χ2v) is 4.34. The smallest absolute Gasteiger partial charge is 0.123 e. The third kappa shape index (κ3) is 3.46. The molecule has 2 heteroatoms. The van der Waals surface area contributed by atoms with E-state index in [0.717, 1.165) is 29.5 Å². The van der Waals surface area contributed by atoms with Crippen molar-refractivity contribution in [2.75, 3.05) is 7.05 Å². The van der Waals surface area contributed by atoms with E-state index in [1.54, 1.807) is 6.07 Å². The van der Waals surface area contributed by atoms with Crippen LogP contribution in [0.2, 0.25) is 0 Å². The third-order valence-corrected chi connectivity index (χ3v) is 2.82. The molecule has 0 amide bonds. The Kier molecular flexibility index (Phi) is 4.69. The van der Waals surface area contributed by atoms with E-state index in [0.29, 0.717) is 0 Å². The van der Waals surface area contributed by atoms with Gasteiger partial charge in [-0.25, -0.2) is 4.39 Å². The summed E-state index contributed by atoms with van der Waals surface area (Å²) in [6.07, 6.45) is 1.91. The molecule has 1 aromatic carbocycles. The summed E-state index contributed by atoms with van der Waals surface area (Å²) in [6, 6.07) is 5.15. The summed E-state index contributed by atoms with van der Waals surface area (Å²) in [4.78, 5) is 0. The highest BCUT2D eigenvalue weighted by Crippen LogP contribution is 2.23. The Labute approximate surface area is 97.4 Å². The highest BCUT2D eigenvalue weighted by Gasteiger charge is 2.12. The van der Waals surface area contributed by atoms with Crippen LogP contribution in [0.4, 0.5) is 4.39 Å². The fourth-order valence-electron chi connectivity index (χ4n) is 1.83. The molecule has 1 N–H and O–H groups in total. The van der Waals surface area contributed by atoms with Crippen LogP contribution >= 0.6 is 0 Å². The SMILES string of the molecule is C=C(C)CCC(NC)c1cc(F)ccc1C. The molecule has 0 fully saturated rings. The molecule has 1 aromatic rings. The number of aryl methyl sites for hydroxylation is 1. The maximum absolute atomic E-state index is 13.2. The monoisotopic (exact) mass is 221 g/mol. The van der Waals surface area contributed by atoms with Crippen molar-refractivity contribution in [1.29, 1.82) is 0 Å². The molecular weight excluding hydrogens is 201 g/mol. The van der Waals surface area contributed by atoms with Crippen molar-refractivity contribution >= 4 is 0 Å². The summed E-state index contributed by atoms with van der Waals surface area (Å²) in [5.41, 5.74) is 3.33. The molecule has 0 saturated carbocycles. The number of allylic oxidation sites excluding steroid dienone is 1. The third-order valence-electron chi connectivity index (χ3n) is 2.82. The van der Waals surface area contributed by atoms with Gasteiger partial charge in [0.15, 0.2) is 0 Å². The molecule has 1 unspecified atom stereocenters. The summed E-state index contributed by atoms with van der Waals surface area (Å²) in [5, 5.41) is 3.23. The van der Waals surface area contributed by atoms with Gasteiger partial charge in [-0.15, -0.1) is 6.58 Å². The highest BCUT2D eigenvalue weighted by atomic mass is 19.1. The average molecular weight is 221 g/mol. The standard InChI is InChI=1S/C14H20FN/c1-10(2)5-8-14(16-4)13-9-12(15)7-6-11(13)3/h6-7,9,14,16H,1,5,8H2,2-4H3. The number of hydrogen-bond donors (Lipinski definition) is 1. The second kappa shape index (κ2) is 5.80. The van der Waals surface area contributed by atoms with Gasteiger partial charge in [0, 0.05) is 6.04 Å². The Morgan fingerprint density at radius 3 is 2.75 bits per heavy atom. The van der Waals surface area contributed by atoms with Gasteiger partial charge >= 0.3 is 0 Å². The highest BCUT2D eigenvalue weighted by molar-refractivity contribution is 5.29. The first kappa shape index (κ1) is 12.9. The van der Waals surface area contributed by atoms with Crippen LogP contribution in [0.25, 0.3) is 0 Å². The van der Waals surface area contributed by atoms with Gasteiger partial charge in [0.1, 0.15) is 5.82 Å². The topological polar surface area (TPSA) is 12.0 Å². The van der Waals surface area contributed by atoms with Gasteiger partial charge in [0.2, 0.25) is 0 Å². The van der Waals surface area contributed by atoms with Crippen LogP contribution in [-0.2, 0) is 0 Å². The van der Waals surface area contributed by atoms with Gasteiger partial charge in [-0.1, -0.05) is 11.6 Å². The Hall–Kier alpha value is -1.15. The van der Waals surface area contributed by atoms with Gasteiger partial charge in [-0.3, -0.25) is 0 Å². The molecule has 0 aliphatic rings. The van der Waals surface area contributed by atoms with Crippen LogP contribution in [0.15, 0.2) is 30.4 Å². The van der Waals surface area contributed by atoms with Crippen LogP contribution in [0.3, 0.4) is 0 Å². The van der Waals surface area contributed by atoms with E-state index < -0.39 is 0 Å². The van der Waals surface area contributed by atoms with Crippen LogP contribution < -0.4 is 5.32 Å². The van der Waals surface area contributed by atoms with Crippen molar-refractivity contribution < 1.29 is 4.39 Å². The first-order valence-electron chi connectivity index (χ1n) is 5.62. The molecule has 0 saturated heterocycles. The number of halogens is 1. The van der Waals surface area contributed by atoms with E-state index in [4.69, 9.17) is 0 Å². The number of nitrogens with one attached hydrogen (secondary N) is 1. The fraction of sp³-hybridized carbons (Fsp3) is 0.429. The summed E-state index contributed by atoms with van der Waals surface area (Å²) >= 11 is 0. The predicted octanol–water partition coefficient (Wildman–Crippen LogP) is 3.75. The predicted molar refractivity (Wildman–Crippen MR) is 67.0 cm³/mol. The molecule has 0 bridgehead atoms. The first-order valence-corrected chi connectivity index (χ1v) is 5.62. The number of hydrogen-bond acceptors (Lipinski definition) is 1. The van der Waals surface area contributed by atoms with Crippen LogP contribution in [-0.4, -0.2) is 7.05 Å². The minimum absolute atomic E-state index is 0.170. The molecule has 0 aliphatic heterocycles. The molecular formula is C14H20FN. The largest absolute Gasteiger partial charge is 0.313 e. The van der Waals surface area contributed by atoms with Gasteiger partial charge < -0.3 is 5.32 Å². The lowest BCUT2D eigenvalue weighted by atomic mass is 9.96. The molecule has 1 rings (SSSR count). The van der Waals surface area contributed by atoms with E-state index in [2.05, 4.69) is 11.9 Å². The van der Waals surface area contributed by atoms with Crippen molar-refractivity contribution in [2.45, 2.75) is 32.7 Å². The zero-order valence-electron chi connectivity index (χ0n) is 10.3. The Bertz CT molecular complexity index is 371. The first-order chi connectivity index (χ1) is 7.54. The summed E-state index contributed by atoms with van der Waals surface area (Å²) in [6.45, 7) is 7.93. The van der Waals surface area contributed by atoms with Gasteiger partial charge in [0.05, 0.1) is 0 Å². The van der Waals surface area contributed by atoms with E-state index in [1.165, 1.54) is 6.07 Å². The van der Waals surface area contributed by atoms with Gasteiger partial charge in [0.25, 0.3) is 0 Å². The normalized spacial score (nSPS) is 12.5. The molecule has 0 heterocycles. The maximum Gasteiger partial charge on any atom is 0.123 e. The van der Waals surface area contributed by atoms with Gasteiger partial charge in [-0.05, 0) is 57.0 Å². The second-order valence-electron chi connectivity index (χ2n) is 4.34. The lowest BCUT2D eigenvalue weighted by Gasteiger charge is -2.19. The average Bonchev–Trinajstić information content (AvgIpc) is 2.23. The van der Waals surface area contributed by atoms with E-state index in [-0.39, 0.29) is 11.9 Å². The molecule has 0 aromatic heterocycles. The Morgan fingerprint density at radius 2 is 2.19 bits per heavy atom. The molecule has 1 atom stereocenters. The maximum atomic E-state index is 13.2. The van der Waals surface area contributed by atoms with E-state index >= 15 is 0 Å². The minimum atomic E-state index is -0.170. The minimum Gasteiger partial charge on any atom is -0.313 e. The molecule has 0 aliphatic carbocycles. The van der Waals surface area contributed by atoms with Crippen molar-refractivity contribution in [3.05, 3.63) is 47.3 Å². The van der Waals surface area contributed by atoms with Crippen LogP contribution in [0.5, 0.6) is 0 Å². The fourth-order valence-corrected chi connectivity index (χ4v) is 1.83. The summed E-state index contributed by atoms with van der Waals surface area (Å²) < 4.78 is 13.2. The molecule has 0 spiro atoms. The van der Waals surface area contributed by atoms with Crippen molar-refractivity contribution in [3.63, 3.8) is 0 Å². The summed E-state index contributed by atoms with van der Waals surface area (Å²) in [5.74, 6) is -0.170. The van der Waals surface area contributed by atoms with E-state index in [1.807, 2.05) is 27.0 Å². The van der Waals surface area contributed by atoms with E-state index in [9.17, 15) is 4.39 Å². The molecule has 0 radical (unpaired) electrons. The van der Waals surface area contributed by atoms with Crippen molar-refractivity contribution in [2.24, 2.45) is 0 Å². The number of rotatable bonds is 5. The van der Waals surface area contributed by atoms with Crippen LogP contribution in [0.1, 0.15) is 36.9 Å². The summed E-state index contributed by atoms with van der Waals surface area (Å²) in [7, 11) is 1.91. The zero-order chi connectivity index (χ0) is 12.1. The molecule has 16 heavy (non-hydrogen) atoms. The van der Waals surface area contributed by atoms with Crippen LogP contribution in [0, 0.1) is 12.7 Å². The zero-order valence-corrected chi connectivity index (χ0v) is 10.3. The van der Waals surface area contributed by atoms with Crippen molar-refractivity contribution in [3.8, 4) is 0 Å². The lowest BCUT2D eigenvalue weighted by molar-refractivity contribution is 0.538. The Morgan fingerprint density at radius 1 is 1.50 bits per heavy atom. The quantitative estimate of drug-likeness (QED) is 0.747. The number of benzene rings is 1. The molecule has 88 valence electrons.